The van der Waals surface area contributed by atoms with E-state index < -0.39 is 0 Å². The number of carbonyl (C=O) groups excluding carboxylic acids is 2. The largest absolute Gasteiger partial charge is 0.336 e. The number of nitrogens with zero attached hydrogens (tertiary/aromatic N) is 2. The van der Waals surface area contributed by atoms with Crippen LogP contribution in [-0.4, -0.2) is 54.3 Å². The second kappa shape index (κ2) is 8.93. The zero-order valence-corrected chi connectivity index (χ0v) is 16.7. The Labute approximate surface area is 172 Å². The van der Waals surface area contributed by atoms with Crippen LogP contribution < -0.4 is 5.32 Å². The topological polar surface area (TPSA) is 52.7 Å². The fourth-order valence-electron chi connectivity index (χ4n) is 2.88. The molecule has 2 aromatic carbocycles. The van der Waals surface area contributed by atoms with E-state index in [2.05, 4.69) is 5.32 Å². The van der Waals surface area contributed by atoms with E-state index in [1.54, 1.807) is 4.90 Å². The molecule has 27 heavy (non-hydrogen) atoms. The second-order valence-electron chi connectivity index (χ2n) is 6.23. The van der Waals surface area contributed by atoms with Crippen LogP contribution >= 0.6 is 34.8 Å². The second-order valence-corrected chi connectivity index (χ2v) is 7.45. The molecule has 2 aromatic rings. The van der Waals surface area contributed by atoms with Crippen LogP contribution in [0.1, 0.15) is 10.4 Å². The number of hydrogen-bond acceptors (Lipinski definition) is 3. The third kappa shape index (κ3) is 5.14. The van der Waals surface area contributed by atoms with Crippen molar-refractivity contribution in [3.63, 3.8) is 0 Å². The quantitative estimate of drug-likeness (QED) is 0.751. The van der Waals surface area contributed by atoms with Gasteiger partial charge in [-0.1, -0.05) is 53.0 Å². The van der Waals surface area contributed by atoms with Gasteiger partial charge >= 0.3 is 0 Å². The number of rotatable bonds is 4. The highest BCUT2D eigenvalue weighted by molar-refractivity contribution is 6.44. The average Bonchev–Trinajstić information content (AvgIpc) is 2.67. The number of benzene rings is 2. The summed E-state index contributed by atoms with van der Waals surface area (Å²) >= 11 is 17.9. The Morgan fingerprint density at radius 1 is 0.889 bits per heavy atom. The first kappa shape index (κ1) is 20.0. The number of piperazine rings is 1. The Balaban J connectivity index is 1.51. The lowest BCUT2D eigenvalue weighted by Gasteiger charge is -2.34. The molecule has 0 radical (unpaired) electrons. The summed E-state index contributed by atoms with van der Waals surface area (Å²) in [4.78, 5) is 28.6. The van der Waals surface area contributed by atoms with Gasteiger partial charge in [-0.25, -0.2) is 0 Å². The first-order valence-corrected chi connectivity index (χ1v) is 9.58. The van der Waals surface area contributed by atoms with Gasteiger partial charge in [-0.3, -0.25) is 14.5 Å². The molecule has 0 aliphatic carbocycles. The van der Waals surface area contributed by atoms with E-state index in [0.29, 0.717) is 52.5 Å². The molecule has 0 spiro atoms. The molecule has 1 fully saturated rings. The fourth-order valence-corrected chi connectivity index (χ4v) is 3.48. The summed E-state index contributed by atoms with van der Waals surface area (Å²) in [7, 11) is 0. The van der Waals surface area contributed by atoms with Gasteiger partial charge in [-0.15, -0.1) is 0 Å². The van der Waals surface area contributed by atoms with Crippen LogP contribution in [-0.2, 0) is 4.79 Å². The maximum absolute atomic E-state index is 12.5. The molecule has 2 amide bonds. The zero-order chi connectivity index (χ0) is 19.4. The van der Waals surface area contributed by atoms with E-state index in [4.69, 9.17) is 34.8 Å². The summed E-state index contributed by atoms with van der Waals surface area (Å²) in [6, 6.07) is 12.2. The molecular formula is C19H18Cl3N3O2. The number of halogens is 3. The standard InChI is InChI=1S/C19H18Cl3N3O2/c20-14-10-16(22)17(11-15(14)21)23-18(26)12-24-6-8-25(9-7-24)19(27)13-4-2-1-3-5-13/h1-5,10-11H,6-9,12H2,(H,23,26). The van der Waals surface area contributed by atoms with Crippen LogP contribution in [0.2, 0.25) is 15.1 Å². The van der Waals surface area contributed by atoms with E-state index in [-0.39, 0.29) is 18.4 Å². The zero-order valence-electron chi connectivity index (χ0n) is 14.4. The SMILES string of the molecule is O=C(CN1CCN(C(=O)c2ccccc2)CC1)Nc1cc(Cl)c(Cl)cc1Cl. The molecule has 5 nitrogen and oxygen atoms in total. The van der Waals surface area contributed by atoms with Crippen LogP contribution in [0.15, 0.2) is 42.5 Å². The number of anilines is 1. The normalized spacial score (nSPS) is 14.9. The van der Waals surface area contributed by atoms with Gasteiger partial charge in [-0.05, 0) is 24.3 Å². The van der Waals surface area contributed by atoms with Crippen molar-refractivity contribution in [3.05, 3.63) is 63.1 Å². The molecule has 0 unspecified atom stereocenters. The molecule has 1 saturated heterocycles. The minimum atomic E-state index is -0.196. The van der Waals surface area contributed by atoms with Gasteiger partial charge in [0.05, 0.1) is 27.3 Å². The van der Waals surface area contributed by atoms with E-state index in [0.717, 1.165) is 0 Å². The molecule has 0 bridgehead atoms. The monoisotopic (exact) mass is 425 g/mol. The Morgan fingerprint density at radius 3 is 2.19 bits per heavy atom. The van der Waals surface area contributed by atoms with Crippen molar-refractivity contribution in [2.24, 2.45) is 0 Å². The van der Waals surface area contributed by atoms with Gasteiger partial charge in [0.1, 0.15) is 0 Å². The van der Waals surface area contributed by atoms with Crippen molar-refractivity contribution < 1.29 is 9.59 Å². The van der Waals surface area contributed by atoms with Crippen molar-refractivity contribution in [2.75, 3.05) is 38.0 Å². The fraction of sp³-hybridized carbons (Fsp3) is 0.263. The first-order valence-electron chi connectivity index (χ1n) is 8.45. The lowest BCUT2D eigenvalue weighted by atomic mass is 10.2. The van der Waals surface area contributed by atoms with Gasteiger partial charge in [-0.2, -0.15) is 0 Å². The highest BCUT2D eigenvalue weighted by Gasteiger charge is 2.23. The predicted molar refractivity (Wildman–Crippen MR) is 109 cm³/mol. The lowest BCUT2D eigenvalue weighted by Crippen LogP contribution is -2.50. The summed E-state index contributed by atoms with van der Waals surface area (Å²) in [5.74, 6) is -0.180. The van der Waals surface area contributed by atoms with Crippen LogP contribution in [0.25, 0.3) is 0 Å². The molecule has 8 heteroatoms. The molecule has 3 rings (SSSR count). The van der Waals surface area contributed by atoms with Crippen LogP contribution in [0, 0.1) is 0 Å². The minimum Gasteiger partial charge on any atom is -0.336 e. The van der Waals surface area contributed by atoms with E-state index in [9.17, 15) is 9.59 Å². The minimum absolute atomic E-state index is 0.0160. The Hall–Kier alpha value is -1.79. The molecule has 1 N–H and O–H groups in total. The third-order valence-electron chi connectivity index (χ3n) is 4.33. The molecule has 0 atom stereocenters. The number of carbonyl (C=O) groups is 2. The third-order valence-corrected chi connectivity index (χ3v) is 5.37. The smallest absolute Gasteiger partial charge is 0.253 e. The molecular weight excluding hydrogens is 409 g/mol. The Bertz CT molecular complexity index is 838. The highest BCUT2D eigenvalue weighted by atomic mass is 35.5. The van der Waals surface area contributed by atoms with E-state index >= 15 is 0 Å². The van der Waals surface area contributed by atoms with Crippen LogP contribution in [0.4, 0.5) is 5.69 Å². The molecule has 0 saturated carbocycles. The van der Waals surface area contributed by atoms with Crippen molar-refractivity contribution in [2.45, 2.75) is 0 Å². The Kier molecular flexibility index (Phi) is 6.60. The van der Waals surface area contributed by atoms with Crippen molar-refractivity contribution in [3.8, 4) is 0 Å². The summed E-state index contributed by atoms with van der Waals surface area (Å²) in [5.41, 5.74) is 1.10. The maximum atomic E-state index is 12.5. The highest BCUT2D eigenvalue weighted by Crippen LogP contribution is 2.32. The van der Waals surface area contributed by atoms with E-state index in [1.807, 2.05) is 35.2 Å². The van der Waals surface area contributed by atoms with Crippen LogP contribution in [0.3, 0.4) is 0 Å². The van der Waals surface area contributed by atoms with Crippen LogP contribution in [0.5, 0.6) is 0 Å². The van der Waals surface area contributed by atoms with E-state index in [1.165, 1.54) is 12.1 Å². The Morgan fingerprint density at radius 2 is 1.52 bits per heavy atom. The van der Waals surface area contributed by atoms with Gasteiger partial charge in [0.2, 0.25) is 5.91 Å². The maximum Gasteiger partial charge on any atom is 0.253 e. The van der Waals surface area contributed by atoms with Gasteiger partial charge in [0.15, 0.2) is 0 Å². The summed E-state index contributed by atoms with van der Waals surface area (Å²) in [6.45, 7) is 2.62. The number of hydrogen-bond donors (Lipinski definition) is 1. The molecule has 1 aliphatic rings. The molecule has 0 aromatic heterocycles. The summed E-state index contributed by atoms with van der Waals surface area (Å²) < 4.78 is 0. The molecule has 1 aliphatic heterocycles. The number of nitrogens with one attached hydrogen (secondary N) is 1. The van der Waals surface area contributed by atoms with Crippen molar-refractivity contribution in [1.29, 1.82) is 0 Å². The first-order chi connectivity index (χ1) is 12.9. The molecule has 1 heterocycles. The van der Waals surface area contributed by atoms with Gasteiger partial charge in [0, 0.05) is 31.7 Å². The number of amides is 2. The molecule has 142 valence electrons. The van der Waals surface area contributed by atoms with Gasteiger partial charge in [0.25, 0.3) is 5.91 Å². The summed E-state index contributed by atoms with van der Waals surface area (Å²) in [6.07, 6.45) is 0. The van der Waals surface area contributed by atoms with Crippen molar-refractivity contribution in [1.82, 2.24) is 9.80 Å². The lowest BCUT2D eigenvalue weighted by molar-refractivity contribution is -0.117. The van der Waals surface area contributed by atoms with Gasteiger partial charge < -0.3 is 10.2 Å². The van der Waals surface area contributed by atoms with Crippen molar-refractivity contribution >= 4 is 52.3 Å². The average molecular weight is 427 g/mol. The predicted octanol–water partition coefficient (Wildman–Crippen LogP) is 4.04. The summed E-state index contributed by atoms with van der Waals surface area (Å²) in [5, 5.41) is 3.73.